The van der Waals surface area contributed by atoms with E-state index in [2.05, 4.69) is 26.6 Å². The predicted octanol–water partition coefficient (Wildman–Crippen LogP) is 3.90. The third-order valence-corrected chi connectivity index (χ3v) is 4.49. The zero-order chi connectivity index (χ0) is 16.1. The van der Waals surface area contributed by atoms with Crippen LogP contribution in [0.1, 0.15) is 23.5 Å². The summed E-state index contributed by atoms with van der Waals surface area (Å²) in [6.45, 7) is 3.81. The fraction of sp³-hybridized carbons (Fsp3) is 0.250. The van der Waals surface area contributed by atoms with Gasteiger partial charge in [-0.3, -0.25) is 9.59 Å². The van der Waals surface area contributed by atoms with Crippen molar-refractivity contribution >= 4 is 44.8 Å². The van der Waals surface area contributed by atoms with Gasteiger partial charge in [0.2, 0.25) is 5.91 Å². The van der Waals surface area contributed by atoms with E-state index in [-0.39, 0.29) is 17.7 Å². The van der Waals surface area contributed by atoms with Gasteiger partial charge in [0.25, 0.3) is 5.91 Å². The SMILES string of the molecule is CC(C)[C@H](NC(=O)c1cccs1)C(=O)Nc1ccc(Br)cc1. The minimum Gasteiger partial charge on any atom is -0.339 e. The highest BCUT2D eigenvalue weighted by Crippen LogP contribution is 2.16. The molecule has 0 fully saturated rings. The van der Waals surface area contributed by atoms with E-state index in [0.717, 1.165) is 4.47 Å². The fourth-order valence-electron chi connectivity index (χ4n) is 1.91. The average molecular weight is 381 g/mol. The highest BCUT2D eigenvalue weighted by atomic mass is 79.9. The molecule has 0 aliphatic carbocycles. The van der Waals surface area contributed by atoms with Gasteiger partial charge >= 0.3 is 0 Å². The molecule has 1 heterocycles. The average Bonchev–Trinajstić information content (AvgIpc) is 3.00. The van der Waals surface area contributed by atoms with Crippen molar-refractivity contribution in [1.29, 1.82) is 0 Å². The number of benzene rings is 1. The quantitative estimate of drug-likeness (QED) is 0.825. The van der Waals surface area contributed by atoms with Crippen LogP contribution >= 0.6 is 27.3 Å². The molecule has 1 aromatic heterocycles. The van der Waals surface area contributed by atoms with E-state index in [4.69, 9.17) is 0 Å². The largest absolute Gasteiger partial charge is 0.339 e. The Morgan fingerprint density at radius 2 is 1.82 bits per heavy atom. The topological polar surface area (TPSA) is 58.2 Å². The maximum absolute atomic E-state index is 12.4. The van der Waals surface area contributed by atoms with Crippen molar-refractivity contribution in [1.82, 2.24) is 5.32 Å². The first kappa shape index (κ1) is 16.7. The fourth-order valence-corrected chi connectivity index (χ4v) is 2.80. The van der Waals surface area contributed by atoms with Crippen molar-refractivity contribution in [2.75, 3.05) is 5.32 Å². The second-order valence-corrected chi connectivity index (χ2v) is 7.03. The van der Waals surface area contributed by atoms with Crippen LogP contribution in [0.25, 0.3) is 0 Å². The van der Waals surface area contributed by atoms with Crippen LogP contribution in [0.5, 0.6) is 0 Å². The van der Waals surface area contributed by atoms with Gasteiger partial charge < -0.3 is 10.6 Å². The number of carbonyl (C=O) groups is 2. The Morgan fingerprint density at radius 1 is 1.14 bits per heavy atom. The number of halogens is 1. The van der Waals surface area contributed by atoms with E-state index in [9.17, 15) is 9.59 Å². The monoisotopic (exact) mass is 380 g/mol. The third kappa shape index (κ3) is 4.42. The molecular weight excluding hydrogens is 364 g/mol. The van der Waals surface area contributed by atoms with Gasteiger partial charge in [0.15, 0.2) is 0 Å². The van der Waals surface area contributed by atoms with Crippen molar-refractivity contribution in [3.63, 3.8) is 0 Å². The lowest BCUT2D eigenvalue weighted by Gasteiger charge is -2.21. The van der Waals surface area contributed by atoms with Gasteiger partial charge in [-0.15, -0.1) is 11.3 Å². The van der Waals surface area contributed by atoms with Gasteiger partial charge in [0, 0.05) is 10.2 Å². The van der Waals surface area contributed by atoms with E-state index < -0.39 is 6.04 Å². The lowest BCUT2D eigenvalue weighted by atomic mass is 10.0. The van der Waals surface area contributed by atoms with Crippen LogP contribution in [-0.2, 0) is 4.79 Å². The molecule has 2 rings (SSSR count). The summed E-state index contributed by atoms with van der Waals surface area (Å²) in [7, 11) is 0. The summed E-state index contributed by atoms with van der Waals surface area (Å²) in [5.74, 6) is -0.457. The molecule has 2 aromatic rings. The second kappa shape index (κ2) is 7.56. The van der Waals surface area contributed by atoms with Crippen LogP contribution in [-0.4, -0.2) is 17.9 Å². The van der Waals surface area contributed by atoms with Crippen molar-refractivity contribution in [2.45, 2.75) is 19.9 Å². The van der Waals surface area contributed by atoms with Crippen LogP contribution in [0, 0.1) is 5.92 Å². The van der Waals surface area contributed by atoms with Crippen LogP contribution in [0.2, 0.25) is 0 Å². The smallest absolute Gasteiger partial charge is 0.262 e. The molecule has 22 heavy (non-hydrogen) atoms. The highest BCUT2D eigenvalue weighted by Gasteiger charge is 2.25. The zero-order valence-electron chi connectivity index (χ0n) is 12.3. The lowest BCUT2D eigenvalue weighted by Crippen LogP contribution is -2.46. The minimum absolute atomic E-state index is 0.0145. The Balaban J connectivity index is 2.05. The molecule has 0 saturated carbocycles. The normalized spacial score (nSPS) is 12.0. The molecule has 6 heteroatoms. The molecular formula is C16H17BrN2O2S. The van der Waals surface area contributed by atoms with E-state index in [1.54, 1.807) is 18.2 Å². The lowest BCUT2D eigenvalue weighted by molar-refractivity contribution is -0.118. The zero-order valence-corrected chi connectivity index (χ0v) is 14.7. The van der Waals surface area contributed by atoms with Crippen LogP contribution in [0.15, 0.2) is 46.3 Å². The molecule has 0 spiro atoms. The Kier molecular flexibility index (Phi) is 5.74. The van der Waals surface area contributed by atoms with Gasteiger partial charge in [-0.1, -0.05) is 35.8 Å². The first-order chi connectivity index (χ1) is 10.5. The predicted molar refractivity (Wildman–Crippen MR) is 93.2 cm³/mol. The number of rotatable bonds is 5. The number of thiophene rings is 1. The van der Waals surface area contributed by atoms with E-state index in [1.165, 1.54) is 11.3 Å². The number of nitrogens with one attached hydrogen (secondary N) is 2. The number of hydrogen-bond donors (Lipinski definition) is 2. The molecule has 1 atom stereocenters. The first-order valence-electron chi connectivity index (χ1n) is 6.88. The van der Waals surface area contributed by atoms with Gasteiger partial charge in [-0.05, 0) is 41.6 Å². The molecule has 0 bridgehead atoms. The summed E-state index contributed by atoms with van der Waals surface area (Å²) in [4.78, 5) is 25.1. The molecule has 4 nitrogen and oxygen atoms in total. The summed E-state index contributed by atoms with van der Waals surface area (Å²) >= 11 is 4.70. The van der Waals surface area contributed by atoms with Gasteiger partial charge in [0.1, 0.15) is 6.04 Å². The Hall–Kier alpha value is -1.66. The third-order valence-electron chi connectivity index (χ3n) is 3.09. The maximum atomic E-state index is 12.4. The molecule has 116 valence electrons. The van der Waals surface area contributed by atoms with Crippen molar-refractivity contribution < 1.29 is 9.59 Å². The molecule has 0 aliphatic rings. The Bertz CT molecular complexity index is 639. The summed E-state index contributed by atoms with van der Waals surface area (Å²) in [6.07, 6.45) is 0. The molecule has 2 N–H and O–H groups in total. The highest BCUT2D eigenvalue weighted by molar-refractivity contribution is 9.10. The molecule has 0 radical (unpaired) electrons. The van der Waals surface area contributed by atoms with Crippen LogP contribution in [0.4, 0.5) is 5.69 Å². The second-order valence-electron chi connectivity index (χ2n) is 5.17. The first-order valence-corrected chi connectivity index (χ1v) is 8.55. The number of hydrogen-bond acceptors (Lipinski definition) is 3. The summed E-state index contributed by atoms with van der Waals surface area (Å²) in [6, 6.07) is 10.3. The summed E-state index contributed by atoms with van der Waals surface area (Å²) in [5.41, 5.74) is 0.698. The molecule has 0 aliphatic heterocycles. The van der Waals surface area contributed by atoms with Crippen LogP contribution < -0.4 is 10.6 Å². The summed E-state index contributed by atoms with van der Waals surface area (Å²) in [5, 5.41) is 7.47. The van der Waals surface area contributed by atoms with E-state index >= 15 is 0 Å². The van der Waals surface area contributed by atoms with Crippen molar-refractivity contribution in [3.05, 3.63) is 51.1 Å². The van der Waals surface area contributed by atoms with Gasteiger partial charge in [0.05, 0.1) is 4.88 Å². The van der Waals surface area contributed by atoms with Crippen molar-refractivity contribution in [3.8, 4) is 0 Å². The Morgan fingerprint density at radius 3 is 2.36 bits per heavy atom. The van der Waals surface area contributed by atoms with Gasteiger partial charge in [-0.25, -0.2) is 0 Å². The van der Waals surface area contributed by atoms with Crippen LogP contribution in [0.3, 0.4) is 0 Å². The minimum atomic E-state index is -0.585. The van der Waals surface area contributed by atoms with E-state index in [0.29, 0.717) is 10.6 Å². The standard InChI is InChI=1S/C16H17BrN2O2S/c1-10(2)14(19-15(20)13-4-3-9-22-13)16(21)18-12-7-5-11(17)6-8-12/h3-10,14H,1-2H3,(H,18,21)(H,19,20)/t14-/m0/s1. The molecule has 1 aromatic carbocycles. The number of anilines is 1. The molecule has 2 amide bonds. The number of amides is 2. The number of carbonyl (C=O) groups excluding carboxylic acids is 2. The van der Waals surface area contributed by atoms with Gasteiger partial charge in [-0.2, -0.15) is 0 Å². The molecule has 0 saturated heterocycles. The maximum Gasteiger partial charge on any atom is 0.262 e. The van der Waals surface area contributed by atoms with E-state index in [1.807, 2.05) is 37.4 Å². The van der Waals surface area contributed by atoms with Crippen molar-refractivity contribution in [2.24, 2.45) is 5.92 Å². The molecule has 0 unspecified atom stereocenters. The summed E-state index contributed by atoms with van der Waals surface area (Å²) < 4.78 is 0.942. The Labute approximate surface area is 142 Å².